The van der Waals surface area contributed by atoms with Gasteiger partial charge in [-0.1, -0.05) is 0 Å². The predicted molar refractivity (Wildman–Crippen MR) is 82.5 cm³/mol. The van der Waals surface area contributed by atoms with Crippen molar-refractivity contribution in [3.05, 3.63) is 16.7 Å². The van der Waals surface area contributed by atoms with E-state index in [-0.39, 0.29) is 35.6 Å². The molecule has 7 nitrogen and oxygen atoms in total. The Morgan fingerprint density at radius 1 is 1.48 bits per heavy atom. The largest absolute Gasteiger partial charge is 0.372 e. The lowest BCUT2D eigenvalue weighted by Gasteiger charge is -2.11. The van der Waals surface area contributed by atoms with Gasteiger partial charge in [0.1, 0.15) is 10.7 Å². The molecule has 0 unspecified atom stereocenters. The molecule has 9 heteroatoms. The fourth-order valence-corrected chi connectivity index (χ4v) is 3.42. The molecule has 1 fully saturated rings. The van der Waals surface area contributed by atoms with Gasteiger partial charge in [0.15, 0.2) is 0 Å². The molecule has 0 aliphatic heterocycles. The lowest BCUT2D eigenvalue weighted by molar-refractivity contribution is -0.121. The molecule has 1 aliphatic carbocycles. The Labute approximate surface area is 132 Å². The van der Waals surface area contributed by atoms with Crippen molar-refractivity contribution in [1.29, 1.82) is 0 Å². The summed E-state index contributed by atoms with van der Waals surface area (Å²) in [4.78, 5) is 15.6. The molecule has 21 heavy (non-hydrogen) atoms. The molecule has 2 rings (SSSR count). The van der Waals surface area contributed by atoms with Gasteiger partial charge in [0, 0.05) is 36.7 Å². The molecular weight excluding hydrogens is 360 g/mol. The fraction of sp³-hybridized carbons (Fsp3) is 0.500. The van der Waals surface area contributed by atoms with Crippen LogP contribution in [-0.2, 0) is 14.8 Å². The van der Waals surface area contributed by atoms with Gasteiger partial charge < -0.3 is 10.6 Å². The highest BCUT2D eigenvalue weighted by molar-refractivity contribution is 9.10. The van der Waals surface area contributed by atoms with Crippen LogP contribution in [0.4, 0.5) is 5.82 Å². The van der Waals surface area contributed by atoms with Crippen molar-refractivity contribution >= 4 is 37.7 Å². The molecule has 1 aromatic rings. The van der Waals surface area contributed by atoms with Crippen molar-refractivity contribution < 1.29 is 13.2 Å². The maximum absolute atomic E-state index is 12.2. The van der Waals surface area contributed by atoms with E-state index in [1.165, 1.54) is 12.3 Å². The van der Waals surface area contributed by atoms with E-state index in [9.17, 15) is 13.2 Å². The van der Waals surface area contributed by atoms with Crippen molar-refractivity contribution in [1.82, 2.24) is 15.0 Å². The van der Waals surface area contributed by atoms with E-state index >= 15 is 0 Å². The van der Waals surface area contributed by atoms with Crippen LogP contribution >= 0.6 is 15.9 Å². The number of amides is 1. The Morgan fingerprint density at radius 3 is 2.81 bits per heavy atom. The van der Waals surface area contributed by atoms with Crippen molar-refractivity contribution in [2.45, 2.75) is 30.2 Å². The number of carbonyl (C=O) groups is 1. The first-order chi connectivity index (χ1) is 9.92. The van der Waals surface area contributed by atoms with E-state index in [0.29, 0.717) is 4.47 Å². The van der Waals surface area contributed by atoms with E-state index in [1.807, 2.05) is 0 Å². The molecule has 1 aliphatic rings. The maximum atomic E-state index is 12.2. The van der Waals surface area contributed by atoms with Crippen LogP contribution in [0.5, 0.6) is 0 Å². The van der Waals surface area contributed by atoms with Gasteiger partial charge in [0.25, 0.3) is 0 Å². The Morgan fingerprint density at radius 2 is 2.19 bits per heavy atom. The van der Waals surface area contributed by atoms with Gasteiger partial charge >= 0.3 is 0 Å². The monoisotopic (exact) mass is 376 g/mol. The number of pyridine rings is 1. The zero-order valence-electron chi connectivity index (χ0n) is 11.5. The Balaban J connectivity index is 1.97. The SMILES string of the molecule is CNc1ncc(Br)cc1S(=O)(=O)NCCC(=O)NC1CC1. The van der Waals surface area contributed by atoms with Gasteiger partial charge in [0.2, 0.25) is 15.9 Å². The molecule has 0 atom stereocenters. The molecule has 0 saturated heterocycles. The summed E-state index contributed by atoms with van der Waals surface area (Å²) in [6.07, 6.45) is 3.64. The average molecular weight is 377 g/mol. The number of hydrogen-bond acceptors (Lipinski definition) is 5. The minimum atomic E-state index is -3.72. The van der Waals surface area contributed by atoms with Gasteiger partial charge in [-0.25, -0.2) is 18.1 Å². The Hall–Kier alpha value is -1.19. The van der Waals surface area contributed by atoms with E-state index < -0.39 is 10.0 Å². The second kappa shape index (κ2) is 6.71. The van der Waals surface area contributed by atoms with E-state index in [1.54, 1.807) is 7.05 Å². The second-order valence-corrected chi connectivity index (χ2v) is 7.39. The average Bonchev–Trinajstić information content (AvgIpc) is 3.22. The second-order valence-electron chi connectivity index (χ2n) is 4.74. The summed E-state index contributed by atoms with van der Waals surface area (Å²) in [5.74, 6) is 0.120. The van der Waals surface area contributed by atoms with E-state index in [2.05, 4.69) is 36.3 Å². The fourth-order valence-electron chi connectivity index (χ4n) is 1.72. The van der Waals surface area contributed by atoms with E-state index in [4.69, 9.17) is 0 Å². The normalized spacial score (nSPS) is 14.8. The summed E-state index contributed by atoms with van der Waals surface area (Å²) < 4.78 is 27.4. The van der Waals surface area contributed by atoms with Crippen molar-refractivity contribution in [2.24, 2.45) is 0 Å². The van der Waals surface area contributed by atoms with Crippen molar-refractivity contribution in [2.75, 3.05) is 18.9 Å². The number of aromatic nitrogens is 1. The first kappa shape index (κ1) is 16.2. The van der Waals surface area contributed by atoms with Crippen LogP contribution in [0.1, 0.15) is 19.3 Å². The van der Waals surface area contributed by atoms with Gasteiger partial charge in [0.05, 0.1) is 0 Å². The molecule has 3 N–H and O–H groups in total. The molecule has 0 aromatic carbocycles. The number of anilines is 1. The molecule has 116 valence electrons. The van der Waals surface area contributed by atoms with Gasteiger partial charge in [-0.05, 0) is 34.8 Å². The summed E-state index contributed by atoms with van der Waals surface area (Å²) in [6.45, 7) is 0.0521. The van der Waals surface area contributed by atoms with Crippen LogP contribution in [0, 0.1) is 0 Å². The highest BCUT2D eigenvalue weighted by Crippen LogP contribution is 2.22. The quantitative estimate of drug-likeness (QED) is 0.654. The number of carbonyl (C=O) groups excluding carboxylic acids is 1. The summed E-state index contributed by atoms with van der Waals surface area (Å²) in [6, 6.07) is 1.74. The lowest BCUT2D eigenvalue weighted by atomic mass is 10.4. The molecule has 1 saturated carbocycles. The number of rotatable bonds is 7. The topological polar surface area (TPSA) is 100 Å². The zero-order valence-corrected chi connectivity index (χ0v) is 13.9. The summed E-state index contributed by atoms with van der Waals surface area (Å²) in [7, 11) is -2.12. The van der Waals surface area contributed by atoms with Crippen LogP contribution in [0.25, 0.3) is 0 Å². The van der Waals surface area contributed by atoms with Crippen molar-refractivity contribution in [3.8, 4) is 0 Å². The number of halogens is 1. The van der Waals surface area contributed by atoms with Gasteiger partial charge in [-0.15, -0.1) is 0 Å². The molecule has 0 radical (unpaired) electrons. The van der Waals surface area contributed by atoms with E-state index in [0.717, 1.165) is 12.8 Å². The Bertz CT molecular complexity index is 631. The minimum Gasteiger partial charge on any atom is -0.372 e. The van der Waals surface area contributed by atoms with Crippen LogP contribution in [-0.4, -0.2) is 38.9 Å². The molecule has 1 amide bonds. The summed E-state index contributed by atoms with van der Waals surface area (Å²) >= 11 is 3.20. The van der Waals surface area contributed by atoms with Gasteiger partial charge in [-0.3, -0.25) is 4.79 Å². The maximum Gasteiger partial charge on any atom is 0.244 e. The zero-order chi connectivity index (χ0) is 15.5. The summed E-state index contributed by atoms with van der Waals surface area (Å²) in [5.41, 5.74) is 0. The van der Waals surface area contributed by atoms with Crippen LogP contribution in [0.15, 0.2) is 21.6 Å². The molecule has 0 spiro atoms. The highest BCUT2D eigenvalue weighted by atomic mass is 79.9. The first-order valence-electron chi connectivity index (χ1n) is 6.54. The third-order valence-electron chi connectivity index (χ3n) is 2.93. The third-order valence-corrected chi connectivity index (χ3v) is 4.84. The molecule has 1 aromatic heterocycles. The standard InChI is InChI=1S/C12H17BrN4O3S/c1-14-12-10(6-8(13)7-15-12)21(19,20)16-5-4-11(18)17-9-2-3-9/h6-7,9,16H,2-5H2,1H3,(H,14,15)(H,17,18). The number of sulfonamides is 1. The van der Waals surface area contributed by atoms with Crippen LogP contribution in [0.3, 0.4) is 0 Å². The lowest BCUT2D eigenvalue weighted by Crippen LogP contribution is -2.32. The molecule has 1 heterocycles. The highest BCUT2D eigenvalue weighted by Gasteiger charge is 2.24. The van der Waals surface area contributed by atoms with Crippen LogP contribution < -0.4 is 15.4 Å². The summed E-state index contributed by atoms with van der Waals surface area (Å²) in [5, 5.41) is 5.54. The Kier molecular flexibility index (Phi) is 5.17. The van der Waals surface area contributed by atoms with Crippen molar-refractivity contribution in [3.63, 3.8) is 0 Å². The van der Waals surface area contributed by atoms with Crippen LogP contribution in [0.2, 0.25) is 0 Å². The smallest absolute Gasteiger partial charge is 0.244 e. The molecular formula is C12H17BrN4O3S. The number of nitrogens with one attached hydrogen (secondary N) is 3. The predicted octanol–water partition coefficient (Wildman–Crippen LogP) is 0.833. The molecule has 0 bridgehead atoms. The number of hydrogen-bond donors (Lipinski definition) is 3. The number of nitrogens with zero attached hydrogens (tertiary/aromatic N) is 1. The van der Waals surface area contributed by atoms with Gasteiger partial charge in [-0.2, -0.15) is 0 Å². The first-order valence-corrected chi connectivity index (χ1v) is 8.82. The minimum absolute atomic E-state index is 0.0435. The third kappa shape index (κ3) is 4.65.